The van der Waals surface area contributed by atoms with Crippen molar-refractivity contribution in [1.82, 2.24) is 9.88 Å². The van der Waals surface area contributed by atoms with Gasteiger partial charge in [-0.3, -0.25) is 9.59 Å². The van der Waals surface area contributed by atoms with Crippen molar-refractivity contribution in [3.8, 4) is 0 Å². The van der Waals surface area contributed by atoms with Gasteiger partial charge in [0, 0.05) is 36.6 Å². The molecule has 21 heavy (non-hydrogen) atoms. The number of carbonyl (C=O) groups is 2. The van der Waals surface area contributed by atoms with Crippen molar-refractivity contribution in [3.63, 3.8) is 0 Å². The number of hydrogen-bond acceptors (Lipinski definition) is 2. The number of para-hydroxylation sites is 1. The topological polar surface area (TPSA) is 73.4 Å². The number of aryl methyl sites for hydroxylation is 1. The number of carboxylic acid groups (broad SMARTS) is 1. The molecule has 110 valence electrons. The summed E-state index contributed by atoms with van der Waals surface area (Å²) in [5.41, 5.74) is 2.36. The van der Waals surface area contributed by atoms with Crippen LogP contribution in [-0.2, 0) is 16.0 Å². The van der Waals surface area contributed by atoms with Gasteiger partial charge < -0.3 is 15.0 Å². The van der Waals surface area contributed by atoms with Gasteiger partial charge in [0.05, 0.1) is 5.92 Å². The van der Waals surface area contributed by atoms with Crippen LogP contribution in [-0.4, -0.2) is 40.0 Å². The van der Waals surface area contributed by atoms with E-state index in [0.717, 1.165) is 18.4 Å². The van der Waals surface area contributed by atoms with E-state index in [1.54, 1.807) is 4.90 Å². The summed E-state index contributed by atoms with van der Waals surface area (Å²) < 4.78 is 0. The Morgan fingerprint density at radius 1 is 1.38 bits per heavy atom. The first-order valence-electron chi connectivity index (χ1n) is 7.20. The summed E-state index contributed by atoms with van der Waals surface area (Å²) >= 11 is 0. The average Bonchev–Trinajstić information content (AvgIpc) is 3.04. The van der Waals surface area contributed by atoms with Crippen LogP contribution in [0.1, 0.15) is 18.4 Å². The number of aromatic nitrogens is 1. The third-order valence-corrected chi connectivity index (χ3v) is 4.11. The first-order valence-corrected chi connectivity index (χ1v) is 7.20. The van der Waals surface area contributed by atoms with Crippen molar-refractivity contribution in [2.45, 2.75) is 19.3 Å². The van der Waals surface area contributed by atoms with Gasteiger partial charge in [0.1, 0.15) is 0 Å². The van der Waals surface area contributed by atoms with Gasteiger partial charge in [-0.25, -0.2) is 0 Å². The summed E-state index contributed by atoms with van der Waals surface area (Å²) in [5.74, 6) is -1.45. The summed E-state index contributed by atoms with van der Waals surface area (Å²) in [7, 11) is 0. The lowest BCUT2D eigenvalue weighted by Gasteiger charge is -2.15. The molecule has 1 fully saturated rings. The maximum absolute atomic E-state index is 11.8. The molecule has 5 heteroatoms. The fourth-order valence-electron chi connectivity index (χ4n) is 2.95. The van der Waals surface area contributed by atoms with E-state index in [1.165, 1.54) is 10.9 Å². The molecule has 3 rings (SSSR count). The number of carboxylic acids is 1. The van der Waals surface area contributed by atoms with Crippen molar-refractivity contribution >= 4 is 22.8 Å². The molecule has 1 aliphatic heterocycles. The van der Waals surface area contributed by atoms with E-state index in [4.69, 9.17) is 5.11 Å². The van der Waals surface area contributed by atoms with Crippen molar-refractivity contribution < 1.29 is 14.7 Å². The minimum absolute atomic E-state index is 0.0404. The smallest absolute Gasteiger partial charge is 0.308 e. The summed E-state index contributed by atoms with van der Waals surface area (Å²) in [4.78, 5) is 27.6. The van der Waals surface area contributed by atoms with E-state index in [2.05, 4.69) is 11.1 Å². The summed E-state index contributed by atoms with van der Waals surface area (Å²) in [6, 6.07) is 8.14. The van der Waals surface area contributed by atoms with Gasteiger partial charge >= 0.3 is 5.97 Å². The van der Waals surface area contributed by atoms with Gasteiger partial charge in [-0.2, -0.15) is 0 Å². The molecule has 0 aliphatic carbocycles. The summed E-state index contributed by atoms with van der Waals surface area (Å²) in [5, 5.41) is 10.2. The van der Waals surface area contributed by atoms with Crippen LogP contribution in [0.15, 0.2) is 30.5 Å². The quantitative estimate of drug-likeness (QED) is 0.883. The molecular formula is C16H18N2O3. The molecule has 1 aromatic heterocycles. The van der Waals surface area contributed by atoms with Crippen molar-refractivity contribution in [2.24, 2.45) is 5.92 Å². The van der Waals surface area contributed by atoms with Crippen LogP contribution in [0.25, 0.3) is 10.9 Å². The predicted molar refractivity (Wildman–Crippen MR) is 78.9 cm³/mol. The van der Waals surface area contributed by atoms with Crippen molar-refractivity contribution in [1.29, 1.82) is 0 Å². The van der Waals surface area contributed by atoms with Gasteiger partial charge in [-0.1, -0.05) is 18.2 Å². The number of rotatable bonds is 5. The Hall–Kier alpha value is -2.30. The molecule has 2 aromatic rings. The van der Waals surface area contributed by atoms with E-state index in [0.29, 0.717) is 13.1 Å². The fourth-order valence-corrected chi connectivity index (χ4v) is 2.95. The molecule has 2 heterocycles. The Labute approximate surface area is 122 Å². The van der Waals surface area contributed by atoms with Crippen molar-refractivity contribution in [2.75, 3.05) is 13.1 Å². The standard InChI is InChI=1S/C16H18N2O3/c19-15-8-12(16(20)21)10-18(15)7-3-4-11-9-17-14-6-2-1-5-13(11)14/h1-2,5-6,9,12,17H,3-4,7-8,10H2,(H,20,21). The molecule has 0 bridgehead atoms. The molecule has 0 radical (unpaired) electrons. The molecular weight excluding hydrogens is 268 g/mol. The van der Waals surface area contributed by atoms with Gasteiger partial charge in [0.2, 0.25) is 5.91 Å². The van der Waals surface area contributed by atoms with E-state index >= 15 is 0 Å². The SMILES string of the molecule is O=C(O)C1CC(=O)N(CCCc2c[nH]c3ccccc23)C1. The van der Waals surface area contributed by atoms with Crippen LogP contribution < -0.4 is 0 Å². The lowest BCUT2D eigenvalue weighted by molar-refractivity contribution is -0.141. The van der Waals surface area contributed by atoms with Crippen LogP contribution >= 0.6 is 0 Å². The highest BCUT2D eigenvalue weighted by molar-refractivity contribution is 5.86. The Kier molecular flexibility index (Phi) is 3.64. The lowest BCUT2D eigenvalue weighted by Crippen LogP contribution is -2.27. The second-order valence-electron chi connectivity index (χ2n) is 5.54. The number of amides is 1. The molecule has 1 saturated heterocycles. The molecule has 1 aliphatic rings. The van der Waals surface area contributed by atoms with E-state index in [-0.39, 0.29) is 12.3 Å². The Morgan fingerprint density at radius 3 is 2.95 bits per heavy atom. The zero-order valence-electron chi connectivity index (χ0n) is 11.7. The number of carbonyl (C=O) groups excluding carboxylic acids is 1. The number of fused-ring (bicyclic) bond motifs is 1. The summed E-state index contributed by atoms with van der Waals surface area (Å²) in [6.07, 6.45) is 3.88. The number of aromatic amines is 1. The molecule has 1 aromatic carbocycles. The van der Waals surface area contributed by atoms with Gasteiger partial charge in [-0.15, -0.1) is 0 Å². The number of benzene rings is 1. The van der Waals surface area contributed by atoms with E-state index in [9.17, 15) is 9.59 Å². The fraction of sp³-hybridized carbons (Fsp3) is 0.375. The van der Waals surface area contributed by atoms with Gasteiger partial charge in [0.15, 0.2) is 0 Å². The second kappa shape index (κ2) is 5.60. The van der Waals surface area contributed by atoms with Crippen LogP contribution in [0, 0.1) is 5.92 Å². The number of H-pyrrole nitrogens is 1. The van der Waals surface area contributed by atoms with Gasteiger partial charge in [0.25, 0.3) is 0 Å². The first kappa shape index (κ1) is 13.7. The normalized spacial score (nSPS) is 18.6. The second-order valence-corrected chi connectivity index (χ2v) is 5.54. The monoisotopic (exact) mass is 286 g/mol. The zero-order chi connectivity index (χ0) is 14.8. The Morgan fingerprint density at radius 2 is 2.19 bits per heavy atom. The number of hydrogen-bond donors (Lipinski definition) is 2. The number of nitrogens with zero attached hydrogens (tertiary/aromatic N) is 1. The zero-order valence-corrected chi connectivity index (χ0v) is 11.7. The molecule has 1 unspecified atom stereocenters. The molecule has 1 atom stereocenters. The van der Waals surface area contributed by atoms with E-state index < -0.39 is 11.9 Å². The van der Waals surface area contributed by atoms with Gasteiger partial charge in [-0.05, 0) is 24.5 Å². The average molecular weight is 286 g/mol. The third kappa shape index (κ3) is 2.77. The van der Waals surface area contributed by atoms with Crippen molar-refractivity contribution in [3.05, 3.63) is 36.0 Å². The summed E-state index contributed by atoms with van der Waals surface area (Å²) in [6.45, 7) is 0.976. The number of likely N-dealkylation sites (tertiary alicyclic amines) is 1. The minimum Gasteiger partial charge on any atom is -0.481 e. The Balaban J connectivity index is 1.57. The van der Waals surface area contributed by atoms with Crippen LogP contribution in [0.4, 0.5) is 0 Å². The maximum Gasteiger partial charge on any atom is 0.308 e. The van der Waals surface area contributed by atoms with E-state index in [1.807, 2.05) is 24.4 Å². The van der Waals surface area contributed by atoms with Crippen LogP contribution in [0.5, 0.6) is 0 Å². The molecule has 1 amide bonds. The third-order valence-electron chi connectivity index (χ3n) is 4.11. The highest BCUT2D eigenvalue weighted by atomic mass is 16.4. The molecule has 0 spiro atoms. The number of nitrogens with one attached hydrogen (secondary N) is 1. The molecule has 5 nitrogen and oxygen atoms in total. The lowest BCUT2D eigenvalue weighted by atomic mass is 10.1. The van der Waals surface area contributed by atoms with Crippen LogP contribution in [0.2, 0.25) is 0 Å². The Bertz CT molecular complexity index is 677. The largest absolute Gasteiger partial charge is 0.481 e. The molecule has 0 saturated carbocycles. The first-order chi connectivity index (χ1) is 10.1. The predicted octanol–water partition coefficient (Wildman–Crippen LogP) is 2.03. The van der Waals surface area contributed by atoms with Crippen LogP contribution in [0.3, 0.4) is 0 Å². The number of aliphatic carboxylic acids is 1. The highest BCUT2D eigenvalue weighted by Gasteiger charge is 2.33. The minimum atomic E-state index is -0.873. The highest BCUT2D eigenvalue weighted by Crippen LogP contribution is 2.21. The maximum atomic E-state index is 11.8. The molecule has 2 N–H and O–H groups in total.